The Hall–Kier alpha value is -9.12. The van der Waals surface area contributed by atoms with Crippen LogP contribution in [0, 0.1) is 0 Å². The van der Waals surface area contributed by atoms with Gasteiger partial charge >= 0.3 is 0 Å². The van der Waals surface area contributed by atoms with E-state index in [1.165, 1.54) is 107 Å². The van der Waals surface area contributed by atoms with Crippen molar-refractivity contribution in [2.75, 3.05) is 0 Å². The number of hydrogen-bond donors (Lipinski definition) is 0. The van der Waals surface area contributed by atoms with E-state index in [0.29, 0.717) is 0 Å². The minimum atomic E-state index is -3.26. The van der Waals surface area contributed by atoms with Crippen molar-refractivity contribution in [2.24, 2.45) is 0 Å². The minimum Gasteiger partial charge on any atom is -0.308 e. The van der Waals surface area contributed by atoms with Gasteiger partial charge in [-0.25, -0.2) is 0 Å². The largest absolute Gasteiger partial charge is 0.308 e. The summed E-state index contributed by atoms with van der Waals surface area (Å²) in [5.41, 5.74) is 15.5. The molecular formula is C72H49NSSi. The first kappa shape index (κ1) is 44.6. The van der Waals surface area contributed by atoms with Crippen LogP contribution in [0.25, 0.3) is 103 Å². The van der Waals surface area contributed by atoms with E-state index in [0.717, 1.165) is 16.8 Å². The molecule has 2 aromatic heterocycles. The second-order valence-corrected chi connectivity index (χ2v) is 24.4. The minimum absolute atomic E-state index is 1.16. The van der Waals surface area contributed by atoms with Crippen molar-refractivity contribution in [3.8, 4) is 61.3 Å². The van der Waals surface area contributed by atoms with E-state index >= 15 is 0 Å². The van der Waals surface area contributed by atoms with Crippen molar-refractivity contribution in [1.29, 1.82) is 0 Å². The Kier molecular flexibility index (Phi) is 11.1. The maximum absolute atomic E-state index is 3.26. The first-order chi connectivity index (χ1) is 37.2. The van der Waals surface area contributed by atoms with Crippen LogP contribution < -0.4 is 20.7 Å². The van der Waals surface area contributed by atoms with E-state index in [9.17, 15) is 0 Å². The third-order valence-electron chi connectivity index (χ3n) is 15.3. The number of benzene rings is 12. The summed E-state index contributed by atoms with van der Waals surface area (Å²) < 4.78 is 5.21. The first-order valence-corrected chi connectivity index (χ1v) is 28.6. The van der Waals surface area contributed by atoms with Gasteiger partial charge in [-0.1, -0.05) is 267 Å². The number of nitrogens with zero attached hydrogens (tertiary/aromatic N) is 1. The molecule has 0 spiro atoms. The predicted molar refractivity (Wildman–Crippen MR) is 324 cm³/mol. The molecular weight excluding hydrogens is 939 g/mol. The van der Waals surface area contributed by atoms with Gasteiger partial charge in [-0.3, -0.25) is 0 Å². The van der Waals surface area contributed by atoms with Crippen LogP contribution in [-0.2, 0) is 0 Å². The van der Waals surface area contributed by atoms with Gasteiger partial charge in [0.1, 0.15) is 0 Å². The lowest BCUT2D eigenvalue weighted by atomic mass is 9.95. The van der Waals surface area contributed by atoms with E-state index in [-0.39, 0.29) is 0 Å². The van der Waals surface area contributed by atoms with Crippen LogP contribution in [0.2, 0.25) is 0 Å². The average Bonchev–Trinajstić information content (AvgIpc) is 4.09. The highest BCUT2D eigenvalue weighted by Crippen LogP contribution is 2.45. The maximum Gasteiger partial charge on any atom is 0.179 e. The van der Waals surface area contributed by atoms with Gasteiger partial charge in [0.2, 0.25) is 0 Å². The molecule has 2 heterocycles. The van der Waals surface area contributed by atoms with E-state index < -0.39 is 8.07 Å². The summed E-state index contributed by atoms with van der Waals surface area (Å²) >= 11 is 1.89. The number of rotatable bonds is 10. The summed E-state index contributed by atoms with van der Waals surface area (Å²) in [5, 5.41) is 10.4. The van der Waals surface area contributed by atoms with Gasteiger partial charge in [-0.2, -0.15) is 0 Å². The Morgan fingerprint density at radius 3 is 1.28 bits per heavy atom. The van der Waals surface area contributed by atoms with Crippen molar-refractivity contribution in [1.82, 2.24) is 4.57 Å². The van der Waals surface area contributed by atoms with Crippen molar-refractivity contribution in [3.63, 3.8) is 0 Å². The lowest BCUT2D eigenvalue weighted by molar-refractivity contribution is 1.18. The topological polar surface area (TPSA) is 4.93 Å². The van der Waals surface area contributed by atoms with Crippen LogP contribution in [0.4, 0.5) is 0 Å². The van der Waals surface area contributed by atoms with Crippen LogP contribution in [-0.4, -0.2) is 12.6 Å². The molecule has 0 unspecified atom stereocenters. The molecule has 0 amide bonds. The van der Waals surface area contributed by atoms with E-state index in [1.807, 2.05) is 11.3 Å². The lowest BCUT2D eigenvalue weighted by Crippen LogP contribution is -2.74. The number of fused-ring (bicyclic) bond motifs is 6. The highest BCUT2D eigenvalue weighted by Gasteiger charge is 2.43. The molecule has 0 radical (unpaired) electrons. The van der Waals surface area contributed by atoms with Crippen LogP contribution in [0.5, 0.6) is 0 Å². The van der Waals surface area contributed by atoms with Gasteiger partial charge < -0.3 is 4.57 Å². The predicted octanol–water partition coefficient (Wildman–Crippen LogP) is 16.9. The smallest absolute Gasteiger partial charge is 0.179 e. The highest BCUT2D eigenvalue weighted by atomic mass is 32.1. The quantitative estimate of drug-likeness (QED) is 0.0951. The van der Waals surface area contributed by atoms with Gasteiger partial charge in [-0.05, 0) is 95.6 Å². The molecule has 12 aromatic carbocycles. The molecule has 0 bridgehead atoms. The molecule has 352 valence electrons. The fourth-order valence-corrected chi connectivity index (χ4v) is 18.0. The Morgan fingerprint density at radius 1 is 0.253 bits per heavy atom. The Morgan fingerprint density at radius 2 is 0.707 bits per heavy atom. The second-order valence-electron chi connectivity index (χ2n) is 19.5. The maximum atomic E-state index is 2.58. The van der Waals surface area contributed by atoms with Crippen LogP contribution in [0.1, 0.15) is 0 Å². The van der Waals surface area contributed by atoms with Gasteiger partial charge in [-0.15, -0.1) is 11.3 Å². The summed E-state index contributed by atoms with van der Waals surface area (Å²) in [5.74, 6) is 0. The SMILES string of the molecule is c1ccc(-c2cc(-c3ccccc3)cc([Si](c3ccccc3)(c3ccccc3)c3cc(-c4ccccc4)c(-n4c5ccccc5c5cc(-c6cccc7c6sc6ccccc67)ccc54)c(-c4ccccc4)c3)c2)cc1. The normalized spacial score (nSPS) is 11.7. The highest BCUT2D eigenvalue weighted by molar-refractivity contribution is 7.26. The van der Waals surface area contributed by atoms with Gasteiger partial charge in [0.25, 0.3) is 0 Å². The van der Waals surface area contributed by atoms with E-state index in [2.05, 4.69) is 302 Å². The molecule has 0 fully saturated rings. The number of thiophene rings is 1. The Bertz CT molecular complexity index is 4220. The summed E-state index contributed by atoms with van der Waals surface area (Å²) in [4.78, 5) is 0. The molecule has 0 N–H and O–H groups in total. The molecule has 14 rings (SSSR count). The molecule has 0 aliphatic rings. The van der Waals surface area contributed by atoms with Gasteiger partial charge in [0.15, 0.2) is 8.07 Å². The summed E-state index contributed by atoms with van der Waals surface area (Å²) in [6.45, 7) is 0. The number of aromatic nitrogens is 1. The third kappa shape index (κ3) is 7.59. The first-order valence-electron chi connectivity index (χ1n) is 25.8. The molecule has 75 heavy (non-hydrogen) atoms. The number of hydrogen-bond acceptors (Lipinski definition) is 1. The fourth-order valence-electron chi connectivity index (χ4n) is 11.9. The lowest BCUT2D eigenvalue weighted by Gasteiger charge is -2.36. The molecule has 0 saturated carbocycles. The van der Waals surface area contributed by atoms with Crippen molar-refractivity contribution < 1.29 is 0 Å². The molecule has 0 aliphatic carbocycles. The Balaban J connectivity index is 1.11. The van der Waals surface area contributed by atoms with Crippen molar-refractivity contribution >= 4 is 82.1 Å². The van der Waals surface area contributed by atoms with Gasteiger partial charge in [0, 0.05) is 42.1 Å². The molecule has 3 heteroatoms. The van der Waals surface area contributed by atoms with E-state index in [1.54, 1.807) is 0 Å². The molecule has 1 nitrogen and oxygen atoms in total. The van der Waals surface area contributed by atoms with E-state index in [4.69, 9.17) is 0 Å². The third-order valence-corrected chi connectivity index (χ3v) is 21.2. The molecule has 14 aromatic rings. The second kappa shape index (κ2) is 18.7. The zero-order chi connectivity index (χ0) is 49.7. The number of para-hydroxylation sites is 1. The van der Waals surface area contributed by atoms with Gasteiger partial charge in [0.05, 0.1) is 16.7 Å². The summed E-state index contributed by atoms with van der Waals surface area (Å²) in [6, 6.07) is 111. The summed E-state index contributed by atoms with van der Waals surface area (Å²) in [6.07, 6.45) is 0. The van der Waals surface area contributed by atoms with Crippen molar-refractivity contribution in [2.45, 2.75) is 0 Å². The zero-order valence-electron chi connectivity index (χ0n) is 41.1. The zero-order valence-corrected chi connectivity index (χ0v) is 43.0. The van der Waals surface area contributed by atoms with Crippen LogP contribution in [0.3, 0.4) is 0 Å². The van der Waals surface area contributed by atoms with Crippen molar-refractivity contribution in [3.05, 3.63) is 297 Å². The standard InChI is InChI=1S/C72H49NSSi/c1-7-24-50(25-8-1)55-44-56(51-26-9-2-10-27-51)46-59(45-55)75(57-32-15-5-16-33-57,58-34-17-6-18-35-58)60-48-65(52-28-11-3-12-29-52)71(66(49-60)53-30-13-4-14-31-53)73-68-40-21-19-36-62(68)67-47-54(42-43-69(67)73)61-38-23-39-64-63-37-20-22-41-70(63)74-72(61)64/h1-49H. The van der Waals surface area contributed by atoms with Crippen LogP contribution in [0.15, 0.2) is 297 Å². The molecule has 0 atom stereocenters. The molecule has 0 aliphatic heterocycles. The molecule has 0 saturated heterocycles. The average molecular weight is 988 g/mol. The fraction of sp³-hybridized carbons (Fsp3) is 0. The summed E-state index contributed by atoms with van der Waals surface area (Å²) in [7, 11) is -3.26. The monoisotopic (exact) mass is 987 g/mol. The Labute approximate surface area is 442 Å². The van der Waals surface area contributed by atoms with Crippen LogP contribution >= 0.6 is 11.3 Å².